The Balaban J connectivity index is 2.11. The second-order valence-electron chi connectivity index (χ2n) is 4.30. The van der Waals surface area contributed by atoms with Crippen LogP contribution in [-0.2, 0) is 0 Å². The second-order valence-corrected chi connectivity index (χ2v) is 4.30. The van der Waals surface area contributed by atoms with Crippen molar-refractivity contribution in [3.63, 3.8) is 0 Å². The van der Waals surface area contributed by atoms with Crippen LogP contribution in [0.3, 0.4) is 0 Å². The highest BCUT2D eigenvalue weighted by Crippen LogP contribution is 2.40. The first-order valence-electron chi connectivity index (χ1n) is 5.02. The Labute approximate surface area is 79.1 Å². The van der Waals surface area contributed by atoms with Gasteiger partial charge in [-0.05, 0) is 36.3 Å². The zero-order valence-corrected chi connectivity index (χ0v) is 8.29. The Hall–Kier alpha value is -0.760. The minimum atomic E-state index is 0.132. The molecule has 0 aromatic carbocycles. The normalized spacial score (nSPS) is 19.4. The summed E-state index contributed by atoms with van der Waals surface area (Å²) in [5.74, 6) is 2.17. The number of hydrogen-bond acceptors (Lipinski definition) is 2. The molecule has 0 aliphatic heterocycles. The van der Waals surface area contributed by atoms with Crippen molar-refractivity contribution in [1.29, 1.82) is 0 Å². The molecule has 13 heavy (non-hydrogen) atoms. The van der Waals surface area contributed by atoms with Gasteiger partial charge in [0.2, 0.25) is 0 Å². The van der Waals surface area contributed by atoms with E-state index in [1.54, 1.807) is 0 Å². The van der Waals surface area contributed by atoms with Gasteiger partial charge in [-0.25, -0.2) is 0 Å². The number of hydrogen-bond donors (Lipinski definition) is 1. The van der Waals surface area contributed by atoms with E-state index < -0.39 is 0 Å². The van der Waals surface area contributed by atoms with E-state index in [1.807, 2.05) is 6.26 Å². The highest BCUT2D eigenvalue weighted by atomic mass is 16.3. The molecule has 0 spiro atoms. The molecule has 0 amide bonds. The van der Waals surface area contributed by atoms with Crippen LogP contribution in [0, 0.1) is 5.92 Å². The fourth-order valence-electron chi connectivity index (χ4n) is 1.53. The summed E-state index contributed by atoms with van der Waals surface area (Å²) in [7, 11) is 0. The first kappa shape index (κ1) is 8.82. The van der Waals surface area contributed by atoms with Crippen LogP contribution >= 0.6 is 0 Å². The van der Waals surface area contributed by atoms with Crippen LogP contribution in [0.1, 0.15) is 50.0 Å². The highest BCUT2D eigenvalue weighted by molar-refractivity contribution is 5.19. The summed E-state index contributed by atoms with van der Waals surface area (Å²) < 4.78 is 5.46. The molecule has 2 N–H and O–H groups in total. The Morgan fingerprint density at radius 2 is 2.15 bits per heavy atom. The van der Waals surface area contributed by atoms with Crippen LogP contribution in [0.4, 0.5) is 0 Å². The van der Waals surface area contributed by atoms with Gasteiger partial charge in [0.15, 0.2) is 0 Å². The van der Waals surface area contributed by atoms with Crippen molar-refractivity contribution >= 4 is 0 Å². The molecule has 1 atom stereocenters. The van der Waals surface area contributed by atoms with Gasteiger partial charge in [0.05, 0.1) is 12.3 Å². The molecule has 2 heteroatoms. The summed E-state index contributed by atoms with van der Waals surface area (Å²) in [6.45, 7) is 4.33. The van der Waals surface area contributed by atoms with Crippen molar-refractivity contribution in [3.05, 3.63) is 23.7 Å². The maximum atomic E-state index is 6.02. The Kier molecular flexibility index (Phi) is 2.16. The zero-order chi connectivity index (χ0) is 9.42. The predicted molar refractivity (Wildman–Crippen MR) is 52.4 cm³/mol. The van der Waals surface area contributed by atoms with Gasteiger partial charge in [-0.2, -0.15) is 0 Å². The van der Waals surface area contributed by atoms with E-state index in [4.69, 9.17) is 10.2 Å². The molecule has 0 bridgehead atoms. The molecule has 72 valence electrons. The molecule has 1 fully saturated rings. The summed E-state index contributed by atoms with van der Waals surface area (Å²) in [4.78, 5) is 0. The Morgan fingerprint density at radius 3 is 2.62 bits per heavy atom. The number of furan rings is 1. The maximum absolute atomic E-state index is 6.02. The monoisotopic (exact) mass is 179 g/mol. The molecular weight excluding hydrogens is 162 g/mol. The van der Waals surface area contributed by atoms with Crippen LogP contribution in [0.5, 0.6) is 0 Å². The molecule has 1 aliphatic carbocycles. The first-order chi connectivity index (χ1) is 6.18. The lowest BCUT2D eigenvalue weighted by atomic mass is 10.1. The van der Waals surface area contributed by atoms with Gasteiger partial charge < -0.3 is 10.2 Å². The third kappa shape index (κ3) is 1.78. The average Bonchev–Trinajstić information content (AvgIpc) is 2.81. The molecule has 2 nitrogen and oxygen atoms in total. The van der Waals surface area contributed by atoms with Gasteiger partial charge in [-0.3, -0.25) is 0 Å². The molecule has 1 aliphatic rings. The zero-order valence-electron chi connectivity index (χ0n) is 8.29. The van der Waals surface area contributed by atoms with Gasteiger partial charge in [0, 0.05) is 0 Å². The molecule has 0 unspecified atom stereocenters. The fraction of sp³-hybridized carbons (Fsp3) is 0.636. The fourth-order valence-corrected chi connectivity index (χ4v) is 1.53. The molecule has 2 rings (SSSR count). The molecule has 1 aromatic heterocycles. The SMILES string of the molecule is CC(C)c1coc([C@H](N)C2CC2)c1. The number of nitrogens with two attached hydrogens (primary N) is 1. The molecule has 1 heterocycles. The Morgan fingerprint density at radius 1 is 1.46 bits per heavy atom. The van der Waals surface area contributed by atoms with Gasteiger partial charge in [-0.1, -0.05) is 13.8 Å². The standard InChI is InChI=1S/C11H17NO/c1-7(2)9-5-10(13-6-9)11(12)8-3-4-8/h5-8,11H,3-4,12H2,1-2H3/t11-/m1/s1. The highest BCUT2D eigenvalue weighted by Gasteiger charge is 2.31. The quantitative estimate of drug-likeness (QED) is 0.775. The minimum Gasteiger partial charge on any atom is -0.467 e. The summed E-state index contributed by atoms with van der Waals surface area (Å²) >= 11 is 0. The van der Waals surface area contributed by atoms with E-state index in [-0.39, 0.29) is 6.04 Å². The third-order valence-electron chi connectivity index (χ3n) is 2.77. The van der Waals surface area contributed by atoms with Crippen molar-refractivity contribution in [2.24, 2.45) is 11.7 Å². The smallest absolute Gasteiger partial charge is 0.121 e. The lowest BCUT2D eigenvalue weighted by Gasteiger charge is -2.04. The van der Waals surface area contributed by atoms with Crippen LogP contribution < -0.4 is 5.73 Å². The summed E-state index contributed by atoms with van der Waals surface area (Å²) in [5, 5.41) is 0. The average molecular weight is 179 g/mol. The van der Waals surface area contributed by atoms with Crippen molar-refractivity contribution < 1.29 is 4.42 Å². The van der Waals surface area contributed by atoms with Gasteiger partial charge in [-0.15, -0.1) is 0 Å². The van der Waals surface area contributed by atoms with E-state index >= 15 is 0 Å². The van der Waals surface area contributed by atoms with E-state index in [0.717, 1.165) is 5.76 Å². The first-order valence-corrected chi connectivity index (χ1v) is 5.02. The van der Waals surface area contributed by atoms with E-state index in [1.165, 1.54) is 18.4 Å². The van der Waals surface area contributed by atoms with Crippen LogP contribution in [0.2, 0.25) is 0 Å². The topological polar surface area (TPSA) is 39.2 Å². The number of rotatable bonds is 3. The van der Waals surface area contributed by atoms with Gasteiger partial charge in [0.1, 0.15) is 5.76 Å². The van der Waals surface area contributed by atoms with Crippen LogP contribution in [-0.4, -0.2) is 0 Å². The van der Waals surface area contributed by atoms with Crippen molar-refractivity contribution in [1.82, 2.24) is 0 Å². The molecule has 1 aromatic rings. The maximum Gasteiger partial charge on any atom is 0.121 e. The van der Waals surface area contributed by atoms with Gasteiger partial charge in [0.25, 0.3) is 0 Å². The lowest BCUT2D eigenvalue weighted by molar-refractivity contribution is 0.441. The van der Waals surface area contributed by atoms with E-state index in [2.05, 4.69) is 19.9 Å². The minimum absolute atomic E-state index is 0.132. The van der Waals surface area contributed by atoms with E-state index in [0.29, 0.717) is 11.8 Å². The third-order valence-corrected chi connectivity index (χ3v) is 2.77. The largest absolute Gasteiger partial charge is 0.467 e. The van der Waals surface area contributed by atoms with Crippen LogP contribution in [0.25, 0.3) is 0 Å². The Bertz CT molecular complexity index is 286. The van der Waals surface area contributed by atoms with Crippen molar-refractivity contribution in [3.8, 4) is 0 Å². The van der Waals surface area contributed by atoms with Crippen LogP contribution in [0.15, 0.2) is 16.7 Å². The lowest BCUT2D eigenvalue weighted by Crippen LogP contribution is -2.11. The summed E-state index contributed by atoms with van der Waals surface area (Å²) in [6.07, 6.45) is 4.36. The molecule has 0 saturated heterocycles. The summed E-state index contributed by atoms with van der Waals surface area (Å²) in [5.41, 5.74) is 7.28. The van der Waals surface area contributed by atoms with Gasteiger partial charge >= 0.3 is 0 Å². The van der Waals surface area contributed by atoms with E-state index in [9.17, 15) is 0 Å². The summed E-state index contributed by atoms with van der Waals surface area (Å²) in [6, 6.07) is 2.24. The molecule has 0 radical (unpaired) electrons. The molecule has 1 saturated carbocycles. The predicted octanol–water partition coefficient (Wildman–Crippen LogP) is 2.81. The second kappa shape index (κ2) is 3.18. The van der Waals surface area contributed by atoms with Crippen molar-refractivity contribution in [2.45, 2.75) is 38.6 Å². The van der Waals surface area contributed by atoms with Crippen molar-refractivity contribution in [2.75, 3.05) is 0 Å². The molecular formula is C11H17NO.